The summed E-state index contributed by atoms with van der Waals surface area (Å²) in [6.07, 6.45) is -5.12. The molecule has 10 heteroatoms. The number of aliphatic carboxylic acids is 1. The van der Waals surface area contributed by atoms with Crippen LogP contribution in [-0.2, 0) is 15.7 Å². The number of halogens is 3. The van der Waals surface area contributed by atoms with Gasteiger partial charge in [-0.2, -0.15) is 18.3 Å². The van der Waals surface area contributed by atoms with Crippen molar-refractivity contribution in [1.82, 2.24) is 14.7 Å². The van der Waals surface area contributed by atoms with E-state index in [0.29, 0.717) is 0 Å². The van der Waals surface area contributed by atoms with Gasteiger partial charge in [-0.25, -0.2) is 4.79 Å². The van der Waals surface area contributed by atoms with Crippen LogP contribution in [0.2, 0.25) is 0 Å². The van der Waals surface area contributed by atoms with Crippen LogP contribution < -0.4 is 0 Å². The molecule has 0 saturated carbocycles. The zero-order valence-corrected chi connectivity index (χ0v) is 12.5. The molecule has 1 N–H and O–H groups in total. The number of morpholine rings is 1. The van der Waals surface area contributed by atoms with E-state index in [0.717, 1.165) is 15.8 Å². The lowest BCUT2D eigenvalue weighted by atomic mass is 10.1. The molecule has 1 aliphatic rings. The number of hydrogen-bond donors (Lipinski definition) is 1. The number of carboxylic acids is 1. The first kappa shape index (κ1) is 17.3. The van der Waals surface area contributed by atoms with E-state index in [2.05, 4.69) is 5.10 Å². The SMILES string of the molecule is CC(C)n1ncc(C(=O)N2CCO[C@@H](C(=O)O)C2)c1C(F)(F)F. The predicted molar refractivity (Wildman–Crippen MR) is 70.9 cm³/mol. The summed E-state index contributed by atoms with van der Waals surface area (Å²) in [6.45, 7) is 2.70. The van der Waals surface area contributed by atoms with E-state index in [1.54, 1.807) is 0 Å². The van der Waals surface area contributed by atoms with E-state index in [1.165, 1.54) is 13.8 Å². The standard InChI is InChI=1S/C13H16F3N3O4/c1-7(2)19-10(13(14,15)16)8(5-17-19)11(20)18-3-4-23-9(6-18)12(21)22/h5,7,9H,3-4,6H2,1-2H3,(H,21,22)/t9-/m1/s1. The number of alkyl halides is 3. The molecule has 1 saturated heterocycles. The van der Waals surface area contributed by atoms with Crippen molar-refractivity contribution < 1.29 is 32.6 Å². The third-order valence-corrected chi connectivity index (χ3v) is 3.41. The number of carbonyl (C=O) groups excluding carboxylic acids is 1. The molecule has 2 rings (SSSR count). The summed E-state index contributed by atoms with van der Waals surface area (Å²) in [4.78, 5) is 24.4. The lowest BCUT2D eigenvalue weighted by Crippen LogP contribution is -2.48. The molecule has 23 heavy (non-hydrogen) atoms. The zero-order chi connectivity index (χ0) is 17.4. The van der Waals surface area contributed by atoms with Gasteiger partial charge in [0.15, 0.2) is 11.8 Å². The Labute approximate surface area is 129 Å². The minimum atomic E-state index is -4.75. The first-order valence-electron chi connectivity index (χ1n) is 6.91. The van der Waals surface area contributed by atoms with Crippen molar-refractivity contribution in [3.05, 3.63) is 17.5 Å². The minimum absolute atomic E-state index is 0.0206. The number of nitrogens with zero attached hydrogens (tertiary/aromatic N) is 3. The number of hydrogen-bond acceptors (Lipinski definition) is 4. The van der Waals surface area contributed by atoms with Crippen molar-refractivity contribution in [2.24, 2.45) is 0 Å². The summed E-state index contributed by atoms with van der Waals surface area (Å²) in [5, 5.41) is 12.6. The normalized spacial score (nSPS) is 19.2. The molecule has 0 bridgehead atoms. The zero-order valence-electron chi connectivity index (χ0n) is 12.5. The van der Waals surface area contributed by atoms with Gasteiger partial charge in [0, 0.05) is 12.6 Å². The van der Waals surface area contributed by atoms with Crippen molar-refractivity contribution in [3.8, 4) is 0 Å². The summed E-state index contributed by atoms with van der Waals surface area (Å²) >= 11 is 0. The number of rotatable bonds is 3. The second kappa shape index (κ2) is 6.19. The number of carboxylic acid groups (broad SMARTS) is 1. The van der Waals surface area contributed by atoms with E-state index < -0.39 is 41.5 Å². The second-order valence-corrected chi connectivity index (χ2v) is 5.39. The van der Waals surface area contributed by atoms with Gasteiger partial charge in [-0.05, 0) is 13.8 Å². The van der Waals surface area contributed by atoms with Gasteiger partial charge >= 0.3 is 12.1 Å². The molecule has 1 atom stereocenters. The first-order valence-corrected chi connectivity index (χ1v) is 6.91. The quantitative estimate of drug-likeness (QED) is 0.903. The van der Waals surface area contributed by atoms with Crippen LogP contribution in [0.3, 0.4) is 0 Å². The average Bonchev–Trinajstić information content (AvgIpc) is 2.91. The van der Waals surface area contributed by atoms with E-state index in [9.17, 15) is 22.8 Å². The highest BCUT2D eigenvalue weighted by Gasteiger charge is 2.42. The summed E-state index contributed by atoms with van der Waals surface area (Å²) < 4.78 is 45.6. The molecular formula is C13H16F3N3O4. The topological polar surface area (TPSA) is 84.7 Å². The Balaban J connectivity index is 2.34. The summed E-state index contributed by atoms with van der Waals surface area (Å²) in [5.41, 5.74) is -1.71. The van der Waals surface area contributed by atoms with Crippen LogP contribution in [-0.4, -0.2) is 57.5 Å². The highest BCUT2D eigenvalue weighted by atomic mass is 19.4. The highest BCUT2D eigenvalue weighted by molar-refractivity contribution is 5.95. The van der Waals surface area contributed by atoms with Crippen molar-refractivity contribution in [3.63, 3.8) is 0 Å². The lowest BCUT2D eigenvalue weighted by Gasteiger charge is -2.31. The molecule has 0 radical (unpaired) electrons. The van der Waals surface area contributed by atoms with Gasteiger partial charge in [0.1, 0.15) is 0 Å². The molecule has 0 unspecified atom stereocenters. The fraction of sp³-hybridized carbons (Fsp3) is 0.615. The number of ether oxygens (including phenoxy) is 1. The Morgan fingerprint density at radius 1 is 1.43 bits per heavy atom. The van der Waals surface area contributed by atoms with Crippen LogP contribution in [0.4, 0.5) is 13.2 Å². The smallest absolute Gasteiger partial charge is 0.433 e. The van der Waals surface area contributed by atoms with Crippen molar-refractivity contribution in [1.29, 1.82) is 0 Å². The van der Waals surface area contributed by atoms with Gasteiger partial charge < -0.3 is 14.7 Å². The van der Waals surface area contributed by atoms with Crippen molar-refractivity contribution in [2.45, 2.75) is 32.2 Å². The lowest BCUT2D eigenvalue weighted by molar-refractivity contribution is -0.155. The van der Waals surface area contributed by atoms with Crippen LogP contribution in [0.15, 0.2) is 6.20 Å². The predicted octanol–water partition coefficient (Wildman–Crippen LogP) is 1.41. The summed E-state index contributed by atoms with van der Waals surface area (Å²) in [5.74, 6) is -2.17. The van der Waals surface area contributed by atoms with Gasteiger partial charge in [0.2, 0.25) is 0 Å². The van der Waals surface area contributed by atoms with Gasteiger partial charge in [0.25, 0.3) is 5.91 Å². The fourth-order valence-corrected chi connectivity index (χ4v) is 2.35. The number of amides is 1. The Morgan fingerprint density at radius 3 is 2.61 bits per heavy atom. The van der Waals surface area contributed by atoms with Crippen molar-refractivity contribution >= 4 is 11.9 Å². The second-order valence-electron chi connectivity index (χ2n) is 5.39. The number of carbonyl (C=O) groups is 2. The summed E-state index contributed by atoms with van der Waals surface area (Å²) in [7, 11) is 0. The molecular weight excluding hydrogens is 319 g/mol. The molecule has 1 amide bonds. The van der Waals surface area contributed by atoms with Crippen LogP contribution in [0.25, 0.3) is 0 Å². The largest absolute Gasteiger partial charge is 0.479 e. The van der Waals surface area contributed by atoms with E-state index in [4.69, 9.17) is 9.84 Å². The van der Waals surface area contributed by atoms with Crippen LogP contribution in [0.1, 0.15) is 35.9 Å². The molecule has 1 aliphatic heterocycles. The van der Waals surface area contributed by atoms with E-state index >= 15 is 0 Å². The maximum atomic E-state index is 13.3. The molecule has 0 spiro atoms. The first-order chi connectivity index (χ1) is 10.6. The van der Waals surface area contributed by atoms with Crippen molar-refractivity contribution in [2.75, 3.05) is 19.7 Å². The highest BCUT2D eigenvalue weighted by Crippen LogP contribution is 2.34. The number of aromatic nitrogens is 2. The van der Waals surface area contributed by atoms with Crippen LogP contribution in [0, 0.1) is 0 Å². The molecule has 128 valence electrons. The molecule has 0 aromatic carbocycles. The average molecular weight is 335 g/mol. The van der Waals surface area contributed by atoms with Gasteiger partial charge in [-0.15, -0.1) is 0 Å². The van der Waals surface area contributed by atoms with Crippen LogP contribution >= 0.6 is 0 Å². The van der Waals surface area contributed by atoms with E-state index in [1.807, 2.05) is 0 Å². The Morgan fingerprint density at radius 2 is 2.09 bits per heavy atom. The maximum absolute atomic E-state index is 13.3. The Bertz CT molecular complexity index is 612. The maximum Gasteiger partial charge on any atom is 0.433 e. The molecule has 1 fully saturated rings. The fourth-order valence-electron chi connectivity index (χ4n) is 2.35. The molecule has 1 aromatic rings. The monoisotopic (exact) mass is 335 g/mol. The molecule has 2 heterocycles. The Hall–Kier alpha value is -2.10. The Kier molecular flexibility index (Phi) is 4.64. The van der Waals surface area contributed by atoms with Gasteiger partial charge in [0.05, 0.1) is 24.9 Å². The van der Waals surface area contributed by atoms with Gasteiger partial charge in [-0.1, -0.05) is 0 Å². The van der Waals surface area contributed by atoms with Gasteiger partial charge in [-0.3, -0.25) is 9.48 Å². The third-order valence-electron chi connectivity index (χ3n) is 3.41. The minimum Gasteiger partial charge on any atom is -0.479 e. The molecule has 7 nitrogen and oxygen atoms in total. The summed E-state index contributed by atoms with van der Waals surface area (Å²) in [6, 6.07) is -0.579. The van der Waals surface area contributed by atoms with E-state index in [-0.39, 0.29) is 19.7 Å². The third kappa shape index (κ3) is 3.46. The molecule has 1 aromatic heterocycles. The van der Waals surface area contributed by atoms with Crippen LogP contribution in [0.5, 0.6) is 0 Å². The molecule has 0 aliphatic carbocycles.